The Morgan fingerprint density at radius 2 is 2.31 bits per heavy atom. The molecule has 0 bridgehead atoms. The average molecular weight is 289 g/mol. The Balaban J connectivity index is 2.49. The lowest BCUT2D eigenvalue weighted by molar-refractivity contribution is -0.126. The molecule has 0 atom stereocenters. The van der Waals surface area contributed by atoms with E-state index in [4.69, 9.17) is 15.3 Å². The van der Waals surface area contributed by atoms with E-state index in [9.17, 15) is 4.79 Å². The third-order valence-corrected chi connectivity index (χ3v) is 2.50. The Morgan fingerprint density at radius 3 is 2.88 bits per heavy atom. The molecule has 0 radical (unpaired) electrons. The molecule has 0 saturated heterocycles. The quantitative estimate of drug-likeness (QED) is 0.481. The largest absolute Gasteiger partial charge is 0.496 e. The van der Waals surface area contributed by atoms with E-state index in [1.54, 1.807) is 7.11 Å². The van der Waals surface area contributed by atoms with Gasteiger partial charge in [-0.05, 0) is 33.6 Å². The second-order valence-corrected chi connectivity index (χ2v) is 3.88. The van der Waals surface area contributed by atoms with Crippen LogP contribution in [0.1, 0.15) is 5.56 Å². The second kappa shape index (κ2) is 6.47. The van der Waals surface area contributed by atoms with Crippen molar-refractivity contribution in [1.82, 2.24) is 5.43 Å². The van der Waals surface area contributed by atoms with Crippen molar-refractivity contribution in [3.8, 4) is 5.75 Å². The van der Waals surface area contributed by atoms with Gasteiger partial charge in [0.1, 0.15) is 12.4 Å². The first-order chi connectivity index (χ1) is 7.67. The van der Waals surface area contributed by atoms with Crippen molar-refractivity contribution in [3.05, 3.63) is 28.2 Å². The predicted octanol–water partition coefficient (Wildman–Crippen LogP) is 0.964. The van der Waals surface area contributed by atoms with Crippen LogP contribution in [0, 0.1) is 0 Å². The highest BCUT2D eigenvalue weighted by Gasteiger charge is 2.03. The molecule has 0 spiro atoms. The lowest BCUT2D eigenvalue weighted by atomic mass is 10.2. The Morgan fingerprint density at radius 1 is 1.56 bits per heavy atom. The van der Waals surface area contributed by atoms with Gasteiger partial charge in [-0.2, -0.15) is 0 Å². The fourth-order valence-electron chi connectivity index (χ4n) is 1.10. The van der Waals surface area contributed by atoms with E-state index in [1.807, 2.05) is 23.6 Å². The molecule has 1 rings (SSSR count). The first kappa shape index (κ1) is 13.0. The average Bonchev–Trinajstić information content (AvgIpc) is 2.29. The summed E-state index contributed by atoms with van der Waals surface area (Å²) in [4.78, 5) is 10.8. The minimum Gasteiger partial charge on any atom is -0.496 e. The van der Waals surface area contributed by atoms with Crippen molar-refractivity contribution in [1.29, 1.82) is 0 Å². The zero-order valence-corrected chi connectivity index (χ0v) is 10.4. The zero-order valence-electron chi connectivity index (χ0n) is 8.83. The maximum atomic E-state index is 10.8. The van der Waals surface area contributed by atoms with Crippen LogP contribution in [0.4, 0.5) is 0 Å². The smallest absolute Gasteiger partial charge is 0.259 e. The van der Waals surface area contributed by atoms with Crippen molar-refractivity contribution in [3.63, 3.8) is 0 Å². The highest BCUT2D eigenvalue weighted by atomic mass is 79.9. The molecule has 0 aliphatic rings. The van der Waals surface area contributed by atoms with Crippen molar-refractivity contribution >= 4 is 21.8 Å². The summed E-state index contributed by atoms with van der Waals surface area (Å²) in [5.74, 6) is 5.31. The molecule has 0 saturated carbocycles. The van der Waals surface area contributed by atoms with E-state index >= 15 is 0 Å². The van der Waals surface area contributed by atoms with Crippen molar-refractivity contribution in [2.75, 3.05) is 13.7 Å². The van der Waals surface area contributed by atoms with Gasteiger partial charge in [-0.3, -0.25) is 10.2 Å². The third kappa shape index (κ3) is 3.80. The van der Waals surface area contributed by atoms with Crippen molar-refractivity contribution in [2.24, 2.45) is 5.84 Å². The van der Waals surface area contributed by atoms with Crippen LogP contribution in [-0.4, -0.2) is 19.6 Å². The summed E-state index contributed by atoms with van der Waals surface area (Å²) in [6.07, 6.45) is 0. The molecule has 0 aliphatic carbocycles. The van der Waals surface area contributed by atoms with E-state index in [0.29, 0.717) is 6.61 Å². The second-order valence-electron chi connectivity index (χ2n) is 3.03. The molecule has 0 aromatic heterocycles. The molecular formula is C10H13BrN2O3. The van der Waals surface area contributed by atoms with Gasteiger partial charge in [0.15, 0.2) is 0 Å². The SMILES string of the molecule is COc1ccc(COCC(=O)NN)cc1Br. The third-order valence-electron chi connectivity index (χ3n) is 1.88. The summed E-state index contributed by atoms with van der Waals surface area (Å²) in [7, 11) is 1.60. The minimum atomic E-state index is -0.354. The number of halogens is 1. The summed E-state index contributed by atoms with van der Waals surface area (Å²) in [5, 5.41) is 0. The lowest BCUT2D eigenvalue weighted by Crippen LogP contribution is -2.33. The zero-order chi connectivity index (χ0) is 12.0. The van der Waals surface area contributed by atoms with Crippen LogP contribution >= 0.6 is 15.9 Å². The molecular weight excluding hydrogens is 276 g/mol. The number of rotatable bonds is 5. The number of hydrazine groups is 1. The summed E-state index contributed by atoms with van der Waals surface area (Å²) in [6, 6.07) is 5.56. The number of carbonyl (C=O) groups excluding carboxylic acids is 1. The molecule has 1 amide bonds. The Labute approximate surface area is 102 Å². The fourth-order valence-corrected chi connectivity index (χ4v) is 1.69. The van der Waals surface area contributed by atoms with Gasteiger partial charge in [0.25, 0.3) is 5.91 Å². The maximum absolute atomic E-state index is 10.8. The molecule has 88 valence electrons. The Bertz CT molecular complexity index is 371. The molecule has 16 heavy (non-hydrogen) atoms. The summed E-state index contributed by atoms with van der Waals surface area (Å²) >= 11 is 3.36. The number of hydrogen-bond donors (Lipinski definition) is 2. The van der Waals surface area contributed by atoms with Crippen LogP contribution in [0.15, 0.2) is 22.7 Å². The number of nitrogens with one attached hydrogen (secondary N) is 1. The van der Waals surface area contributed by atoms with E-state index < -0.39 is 0 Å². The van der Waals surface area contributed by atoms with Crippen LogP contribution in [0.25, 0.3) is 0 Å². The summed E-state index contributed by atoms with van der Waals surface area (Å²) < 4.78 is 11.1. The van der Waals surface area contributed by atoms with Crippen molar-refractivity contribution < 1.29 is 14.3 Å². The Kier molecular flexibility index (Phi) is 5.24. The first-order valence-electron chi connectivity index (χ1n) is 4.57. The van der Waals surface area contributed by atoms with Gasteiger partial charge in [0.05, 0.1) is 18.2 Å². The monoisotopic (exact) mass is 288 g/mol. The molecule has 1 aromatic carbocycles. The van der Waals surface area contributed by atoms with Crippen molar-refractivity contribution in [2.45, 2.75) is 6.61 Å². The number of amides is 1. The van der Waals surface area contributed by atoms with Gasteiger partial charge in [0, 0.05) is 0 Å². The number of benzene rings is 1. The lowest BCUT2D eigenvalue weighted by Gasteiger charge is -2.06. The number of carbonyl (C=O) groups is 1. The van der Waals surface area contributed by atoms with E-state index in [1.165, 1.54) is 0 Å². The molecule has 0 fully saturated rings. The van der Waals surface area contributed by atoms with Gasteiger partial charge in [-0.15, -0.1) is 0 Å². The molecule has 0 unspecified atom stereocenters. The van der Waals surface area contributed by atoms with E-state index in [-0.39, 0.29) is 12.5 Å². The minimum absolute atomic E-state index is 0.0554. The van der Waals surface area contributed by atoms with E-state index in [0.717, 1.165) is 15.8 Å². The van der Waals surface area contributed by atoms with Gasteiger partial charge in [-0.25, -0.2) is 5.84 Å². The summed E-state index contributed by atoms with van der Waals surface area (Å²) in [5.41, 5.74) is 2.93. The first-order valence-corrected chi connectivity index (χ1v) is 5.36. The van der Waals surface area contributed by atoms with Gasteiger partial charge in [-0.1, -0.05) is 6.07 Å². The number of ether oxygens (including phenoxy) is 2. The van der Waals surface area contributed by atoms with E-state index in [2.05, 4.69) is 15.9 Å². The van der Waals surface area contributed by atoms with Crippen LogP contribution in [0.5, 0.6) is 5.75 Å². The molecule has 3 N–H and O–H groups in total. The number of methoxy groups -OCH3 is 1. The van der Waals surface area contributed by atoms with Crippen LogP contribution in [0.3, 0.4) is 0 Å². The van der Waals surface area contributed by atoms with Gasteiger partial charge in [0.2, 0.25) is 0 Å². The number of nitrogens with two attached hydrogens (primary N) is 1. The fraction of sp³-hybridized carbons (Fsp3) is 0.300. The van der Waals surface area contributed by atoms with Crippen LogP contribution in [0.2, 0.25) is 0 Å². The topological polar surface area (TPSA) is 73.6 Å². The molecule has 5 nitrogen and oxygen atoms in total. The Hall–Kier alpha value is -1.11. The highest BCUT2D eigenvalue weighted by Crippen LogP contribution is 2.25. The van der Waals surface area contributed by atoms with Crippen LogP contribution < -0.4 is 16.0 Å². The van der Waals surface area contributed by atoms with Gasteiger partial charge >= 0.3 is 0 Å². The normalized spacial score (nSPS) is 9.94. The molecule has 0 heterocycles. The standard InChI is InChI=1S/C10H13BrN2O3/c1-15-9-3-2-7(4-8(9)11)5-16-6-10(14)13-12/h2-4H,5-6,12H2,1H3,(H,13,14). The molecule has 1 aromatic rings. The maximum Gasteiger partial charge on any atom is 0.259 e. The molecule has 0 aliphatic heterocycles. The van der Waals surface area contributed by atoms with Crippen LogP contribution in [-0.2, 0) is 16.1 Å². The summed E-state index contributed by atoms with van der Waals surface area (Å²) in [6.45, 7) is 0.288. The number of hydrogen-bond acceptors (Lipinski definition) is 4. The predicted molar refractivity (Wildman–Crippen MR) is 62.7 cm³/mol. The van der Waals surface area contributed by atoms with Gasteiger partial charge < -0.3 is 9.47 Å². The molecule has 6 heteroatoms. The highest BCUT2D eigenvalue weighted by molar-refractivity contribution is 9.10.